The van der Waals surface area contributed by atoms with E-state index in [4.69, 9.17) is 21.6 Å². The van der Waals surface area contributed by atoms with E-state index in [1.807, 2.05) is 12.3 Å². The van der Waals surface area contributed by atoms with Gasteiger partial charge in [0, 0.05) is 15.6 Å². The molecule has 0 spiro atoms. The topological polar surface area (TPSA) is 79.2 Å². The molecule has 0 aliphatic heterocycles. The molecule has 0 aliphatic carbocycles. The van der Waals surface area contributed by atoms with Crippen LogP contribution in [0.4, 0.5) is 5.69 Å². The SMILES string of the molecule is Cc1cc(SC#N)ccc1NC(=O)COC(=O)Cc1ccc(Cl)cc1. The van der Waals surface area contributed by atoms with Gasteiger partial charge in [0.05, 0.1) is 6.42 Å². The average Bonchev–Trinajstić information content (AvgIpc) is 2.58. The van der Waals surface area contributed by atoms with Gasteiger partial charge in [0.2, 0.25) is 0 Å². The summed E-state index contributed by atoms with van der Waals surface area (Å²) in [7, 11) is 0. The monoisotopic (exact) mass is 374 g/mol. The molecule has 0 unspecified atom stereocenters. The zero-order valence-corrected chi connectivity index (χ0v) is 15.0. The highest BCUT2D eigenvalue weighted by Gasteiger charge is 2.10. The van der Waals surface area contributed by atoms with Crippen molar-refractivity contribution in [3.05, 3.63) is 58.6 Å². The number of carbonyl (C=O) groups is 2. The minimum absolute atomic E-state index is 0.0730. The number of amides is 1. The Morgan fingerprint density at radius 2 is 1.96 bits per heavy atom. The Morgan fingerprint density at radius 1 is 1.24 bits per heavy atom. The lowest BCUT2D eigenvalue weighted by Gasteiger charge is -2.10. The van der Waals surface area contributed by atoms with Gasteiger partial charge in [0.1, 0.15) is 5.40 Å². The van der Waals surface area contributed by atoms with Gasteiger partial charge in [-0.05, 0) is 60.1 Å². The van der Waals surface area contributed by atoms with Crippen molar-refractivity contribution < 1.29 is 14.3 Å². The van der Waals surface area contributed by atoms with Crippen LogP contribution >= 0.6 is 23.4 Å². The van der Waals surface area contributed by atoms with E-state index >= 15 is 0 Å². The first-order valence-electron chi connectivity index (χ1n) is 7.34. The summed E-state index contributed by atoms with van der Waals surface area (Å²) in [6.07, 6.45) is 0.0730. The lowest BCUT2D eigenvalue weighted by Crippen LogP contribution is -2.22. The number of nitrogens with one attached hydrogen (secondary N) is 1. The van der Waals surface area contributed by atoms with Gasteiger partial charge in [-0.15, -0.1) is 0 Å². The number of halogens is 1. The van der Waals surface area contributed by atoms with Gasteiger partial charge in [0.15, 0.2) is 6.61 Å². The largest absolute Gasteiger partial charge is 0.455 e. The fourth-order valence-electron chi connectivity index (χ4n) is 2.04. The van der Waals surface area contributed by atoms with Crippen LogP contribution in [0.15, 0.2) is 47.4 Å². The van der Waals surface area contributed by atoms with Crippen molar-refractivity contribution in [3.63, 3.8) is 0 Å². The number of nitriles is 1. The van der Waals surface area contributed by atoms with Gasteiger partial charge < -0.3 is 10.1 Å². The van der Waals surface area contributed by atoms with Gasteiger partial charge in [-0.3, -0.25) is 9.59 Å². The summed E-state index contributed by atoms with van der Waals surface area (Å²) in [5.74, 6) is -0.914. The van der Waals surface area contributed by atoms with Gasteiger partial charge >= 0.3 is 5.97 Å². The fraction of sp³-hybridized carbons (Fsp3) is 0.167. The predicted molar refractivity (Wildman–Crippen MR) is 97.4 cm³/mol. The first-order valence-corrected chi connectivity index (χ1v) is 8.54. The maximum Gasteiger partial charge on any atom is 0.310 e. The minimum atomic E-state index is -0.491. The highest BCUT2D eigenvalue weighted by atomic mass is 35.5. The van der Waals surface area contributed by atoms with Crippen LogP contribution < -0.4 is 5.32 Å². The number of esters is 1. The zero-order valence-electron chi connectivity index (χ0n) is 13.4. The second-order valence-corrected chi connectivity index (χ2v) is 6.48. The first-order chi connectivity index (χ1) is 12.0. The molecule has 0 aromatic heterocycles. The van der Waals surface area contributed by atoms with Gasteiger partial charge in [-0.1, -0.05) is 23.7 Å². The van der Waals surface area contributed by atoms with Crippen molar-refractivity contribution in [1.29, 1.82) is 5.26 Å². The van der Waals surface area contributed by atoms with E-state index in [1.54, 1.807) is 42.5 Å². The number of hydrogen-bond acceptors (Lipinski definition) is 5. The van der Waals surface area contributed by atoms with Crippen molar-refractivity contribution in [2.75, 3.05) is 11.9 Å². The smallest absolute Gasteiger partial charge is 0.310 e. The van der Waals surface area contributed by atoms with Crippen LogP contribution in [0, 0.1) is 17.6 Å². The average molecular weight is 375 g/mol. The number of hydrogen-bond donors (Lipinski definition) is 1. The molecule has 0 heterocycles. The molecule has 1 N–H and O–H groups in total. The van der Waals surface area contributed by atoms with Crippen molar-refractivity contribution in [2.24, 2.45) is 0 Å². The number of benzene rings is 2. The Bertz CT molecular complexity index is 816. The van der Waals surface area contributed by atoms with Crippen molar-refractivity contribution in [2.45, 2.75) is 18.2 Å². The van der Waals surface area contributed by atoms with Crippen LogP contribution in [0.5, 0.6) is 0 Å². The molecular weight excluding hydrogens is 360 g/mol. The molecule has 2 aromatic carbocycles. The number of rotatable bonds is 6. The molecule has 2 aromatic rings. The molecule has 5 nitrogen and oxygen atoms in total. The third kappa shape index (κ3) is 6.14. The van der Waals surface area contributed by atoms with Gasteiger partial charge in [-0.2, -0.15) is 5.26 Å². The van der Waals surface area contributed by atoms with Crippen LogP contribution in [0.1, 0.15) is 11.1 Å². The number of anilines is 1. The molecule has 2 rings (SSSR count). The molecule has 128 valence electrons. The van der Waals surface area contributed by atoms with Gasteiger partial charge in [-0.25, -0.2) is 0 Å². The molecule has 0 bridgehead atoms. The van der Waals surface area contributed by atoms with Crippen LogP contribution in [0.3, 0.4) is 0 Å². The van der Waals surface area contributed by atoms with Crippen LogP contribution in [0.2, 0.25) is 5.02 Å². The van der Waals surface area contributed by atoms with E-state index < -0.39 is 11.9 Å². The standard InChI is InChI=1S/C18H15ClN2O3S/c1-12-8-15(25-11-20)6-7-16(12)21-17(22)10-24-18(23)9-13-2-4-14(19)5-3-13/h2-8H,9-10H2,1H3,(H,21,22). The summed E-state index contributed by atoms with van der Waals surface area (Å²) in [6, 6.07) is 12.1. The lowest BCUT2D eigenvalue weighted by atomic mass is 10.1. The number of thiocyanates is 1. The maximum atomic E-state index is 11.9. The Hall–Kier alpha value is -2.49. The number of nitrogens with zero attached hydrogens (tertiary/aromatic N) is 1. The first kappa shape index (κ1) is 18.8. The summed E-state index contributed by atoms with van der Waals surface area (Å²) in [4.78, 5) is 24.5. The number of ether oxygens (including phenoxy) is 1. The number of thioether (sulfide) groups is 1. The molecule has 0 saturated heterocycles. The lowest BCUT2D eigenvalue weighted by molar-refractivity contribution is -0.146. The fourth-order valence-corrected chi connectivity index (χ4v) is 2.65. The second-order valence-electron chi connectivity index (χ2n) is 5.18. The van der Waals surface area contributed by atoms with Gasteiger partial charge in [0.25, 0.3) is 5.91 Å². The van der Waals surface area contributed by atoms with Crippen molar-refractivity contribution in [1.82, 2.24) is 0 Å². The zero-order chi connectivity index (χ0) is 18.2. The summed E-state index contributed by atoms with van der Waals surface area (Å²) in [5, 5.41) is 13.9. The Balaban J connectivity index is 1.83. The van der Waals surface area contributed by atoms with Crippen LogP contribution in [-0.2, 0) is 20.7 Å². The van der Waals surface area contributed by atoms with Crippen LogP contribution in [-0.4, -0.2) is 18.5 Å². The Labute approximate surface area is 154 Å². The van der Waals surface area contributed by atoms with E-state index in [0.29, 0.717) is 10.7 Å². The molecule has 1 amide bonds. The van der Waals surface area contributed by atoms with E-state index in [1.165, 1.54) is 0 Å². The highest BCUT2D eigenvalue weighted by molar-refractivity contribution is 8.03. The summed E-state index contributed by atoms with van der Waals surface area (Å²) >= 11 is 6.83. The molecule has 0 aliphatic rings. The normalized spacial score (nSPS) is 9.96. The van der Waals surface area contributed by atoms with E-state index in [2.05, 4.69) is 5.32 Å². The third-order valence-corrected chi connectivity index (χ3v) is 4.09. The molecule has 0 atom stereocenters. The van der Waals surface area contributed by atoms with E-state index in [-0.39, 0.29) is 13.0 Å². The molecule has 0 saturated carbocycles. The molecule has 25 heavy (non-hydrogen) atoms. The molecule has 0 fully saturated rings. The molecular formula is C18H15ClN2O3S. The van der Waals surface area contributed by atoms with Crippen molar-refractivity contribution >= 4 is 40.9 Å². The van der Waals surface area contributed by atoms with Crippen LogP contribution in [0.25, 0.3) is 0 Å². The third-order valence-electron chi connectivity index (χ3n) is 3.26. The minimum Gasteiger partial charge on any atom is -0.455 e. The number of aryl methyl sites for hydroxylation is 1. The second kappa shape index (κ2) is 9.11. The quantitative estimate of drug-likeness (QED) is 0.470. The number of carbonyl (C=O) groups excluding carboxylic acids is 2. The Kier molecular flexibility index (Phi) is 6.87. The summed E-state index contributed by atoms with van der Waals surface area (Å²) < 4.78 is 4.98. The maximum absolute atomic E-state index is 11.9. The van der Waals surface area contributed by atoms with Crippen molar-refractivity contribution in [3.8, 4) is 5.40 Å². The predicted octanol–water partition coefficient (Wildman–Crippen LogP) is 3.95. The summed E-state index contributed by atoms with van der Waals surface area (Å²) in [6.45, 7) is 1.46. The Morgan fingerprint density at radius 3 is 2.60 bits per heavy atom. The molecule has 7 heteroatoms. The van der Waals surface area contributed by atoms with E-state index in [9.17, 15) is 9.59 Å². The van der Waals surface area contributed by atoms with E-state index in [0.717, 1.165) is 27.8 Å². The molecule has 0 radical (unpaired) electrons. The highest BCUT2D eigenvalue weighted by Crippen LogP contribution is 2.23. The summed E-state index contributed by atoms with van der Waals surface area (Å²) in [5.41, 5.74) is 2.19.